The Kier molecular flexibility index (Phi) is 4.59. The highest BCUT2D eigenvalue weighted by molar-refractivity contribution is 5.79. The molecule has 7 heteroatoms. The molecule has 0 amide bonds. The van der Waals surface area contributed by atoms with E-state index in [0.29, 0.717) is 23.9 Å². The number of para-hydroxylation sites is 2. The lowest BCUT2D eigenvalue weighted by Crippen LogP contribution is -2.59. The van der Waals surface area contributed by atoms with Gasteiger partial charge in [-0.1, -0.05) is 31.4 Å². The van der Waals surface area contributed by atoms with Crippen LogP contribution in [-0.2, 0) is 0 Å². The van der Waals surface area contributed by atoms with Crippen LogP contribution in [0.2, 0.25) is 0 Å². The van der Waals surface area contributed by atoms with Crippen molar-refractivity contribution in [2.75, 3.05) is 0 Å². The van der Waals surface area contributed by atoms with Crippen LogP contribution in [0.1, 0.15) is 76.7 Å². The molecule has 1 aromatic carbocycles. The molecule has 0 spiro atoms. The van der Waals surface area contributed by atoms with Gasteiger partial charge in [0, 0.05) is 24.2 Å². The fourth-order valence-corrected chi connectivity index (χ4v) is 7.95. The van der Waals surface area contributed by atoms with E-state index in [9.17, 15) is 0 Å². The molecular weight excluding hydrogens is 398 g/mol. The molecule has 0 radical (unpaired) electrons. The van der Waals surface area contributed by atoms with Crippen LogP contribution in [0.15, 0.2) is 24.3 Å². The van der Waals surface area contributed by atoms with Crippen LogP contribution < -0.4 is 0 Å². The van der Waals surface area contributed by atoms with Crippen LogP contribution in [-0.4, -0.2) is 53.2 Å². The summed E-state index contributed by atoms with van der Waals surface area (Å²) in [6.07, 6.45) is 15.4. The summed E-state index contributed by atoms with van der Waals surface area (Å²) in [6, 6.07) is 11.2. The molecule has 7 nitrogen and oxygen atoms in total. The third-order valence-electron chi connectivity index (χ3n) is 9.13. The Morgan fingerprint density at radius 3 is 2.53 bits per heavy atom. The molecule has 4 fully saturated rings. The molecule has 3 aromatic rings. The van der Waals surface area contributed by atoms with Crippen molar-refractivity contribution >= 4 is 11.0 Å². The Labute approximate surface area is 189 Å². The minimum absolute atomic E-state index is 0.449. The lowest BCUT2D eigenvalue weighted by molar-refractivity contribution is -0.0608. The van der Waals surface area contributed by atoms with Crippen molar-refractivity contribution in [2.24, 2.45) is 11.8 Å². The average Bonchev–Trinajstić information content (AvgIpc) is 3.47. The minimum atomic E-state index is 0.449. The first-order valence-electron chi connectivity index (χ1n) is 12.8. The van der Waals surface area contributed by atoms with Crippen molar-refractivity contribution < 1.29 is 0 Å². The smallest absolute Gasteiger partial charge is 0.240 e. The molecule has 2 saturated heterocycles. The Morgan fingerprint density at radius 2 is 1.69 bits per heavy atom. The molecular formula is C25H33N7. The van der Waals surface area contributed by atoms with Gasteiger partial charge in [-0.05, 0) is 80.5 Å². The number of nitrogens with zero attached hydrogens (tertiary/aromatic N) is 6. The topological polar surface area (TPSA) is 75.5 Å². The van der Waals surface area contributed by atoms with Crippen molar-refractivity contribution in [3.63, 3.8) is 0 Å². The zero-order valence-electron chi connectivity index (χ0n) is 18.7. The van der Waals surface area contributed by atoms with Crippen LogP contribution in [0, 0.1) is 11.8 Å². The van der Waals surface area contributed by atoms with Gasteiger partial charge >= 0.3 is 0 Å². The standard InChI is InChI=1S/C25H33N7/c1-2-10-23-21(9-1)26-25(24-27-29-30-28-24)32(23)20-14-18-7-4-8-19(15-20)31(18)22-12-11-16-5-3-6-17(22)13-16/h1-2,9-10,16-20,22H,3-8,11-15H2,(H,27,28,29,30)/t16?,17-,18-,19+,20?,22?/m1/s1. The van der Waals surface area contributed by atoms with E-state index in [-0.39, 0.29) is 0 Å². The fraction of sp³-hybridized carbons (Fsp3) is 0.680. The molecule has 4 heterocycles. The van der Waals surface area contributed by atoms with Crippen LogP contribution >= 0.6 is 0 Å². The van der Waals surface area contributed by atoms with Crippen molar-refractivity contribution in [2.45, 2.75) is 94.8 Å². The first-order valence-corrected chi connectivity index (χ1v) is 12.8. The van der Waals surface area contributed by atoms with E-state index >= 15 is 0 Å². The number of piperidine rings is 2. The summed E-state index contributed by atoms with van der Waals surface area (Å²) in [7, 11) is 0. The predicted molar refractivity (Wildman–Crippen MR) is 123 cm³/mol. The van der Waals surface area contributed by atoms with Gasteiger partial charge in [0.1, 0.15) is 0 Å². The Hall–Kier alpha value is -2.28. The fourth-order valence-electron chi connectivity index (χ4n) is 7.95. The van der Waals surface area contributed by atoms with E-state index in [2.05, 4.69) is 54.4 Å². The quantitative estimate of drug-likeness (QED) is 0.648. The minimum Gasteiger partial charge on any atom is -0.318 e. The van der Waals surface area contributed by atoms with Crippen molar-refractivity contribution in [3.05, 3.63) is 24.3 Å². The number of fused-ring (bicyclic) bond motifs is 5. The highest BCUT2D eigenvalue weighted by Gasteiger charge is 2.46. The summed E-state index contributed by atoms with van der Waals surface area (Å²) in [6.45, 7) is 0. The van der Waals surface area contributed by atoms with Gasteiger partial charge in [0.05, 0.1) is 11.0 Å². The molecule has 7 rings (SSSR count). The number of hydrogen-bond acceptors (Lipinski definition) is 5. The Bertz CT molecular complexity index is 1080. The Balaban J connectivity index is 1.24. The van der Waals surface area contributed by atoms with Crippen LogP contribution in [0.25, 0.3) is 22.7 Å². The molecule has 2 aliphatic carbocycles. The molecule has 32 heavy (non-hydrogen) atoms. The van der Waals surface area contributed by atoms with Gasteiger partial charge in [0.25, 0.3) is 0 Å². The van der Waals surface area contributed by atoms with Crippen LogP contribution in [0.3, 0.4) is 0 Å². The summed E-state index contributed by atoms with van der Waals surface area (Å²) in [4.78, 5) is 7.98. The predicted octanol–water partition coefficient (Wildman–Crippen LogP) is 4.74. The monoisotopic (exact) mass is 431 g/mol. The highest BCUT2D eigenvalue weighted by atomic mass is 15.5. The van der Waals surface area contributed by atoms with Crippen LogP contribution in [0.5, 0.6) is 0 Å². The number of rotatable bonds is 3. The van der Waals surface area contributed by atoms with Gasteiger partial charge in [0.2, 0.25) is 5.82 Å². The summed E-state index contributed by atoms with van der Waals surface area (Å²) in [5.74, 6) is 3.45. The number of H-pyrrole nitrogens is 1. The average molecular weight is 432 g/mol. The first kappa shape index (κ1) is 19.2. The highest BCUT2D eigenvalue weighted by Crippen LogP contribution is 2.48. The lowest BCUT2D eigenvalue weighted by Gasteiger charge is -2.56. The second-order valence-electron chi connectivity index (χ2n) is 10.8. The zero-order chi connectivity index (χ0) is 21.1. The van der Waals surface area contributed by atoms with Crippen molar-refractivity contribution in [3.8, 4) is 11.6 Å². The number of imidazole rings is 1. The molecule has 1 N–H and O–H groups in total. The molecule has 6 atom stereocenters. The summed E-state index contributed by atoms with van der Waals surface area (Å²) in [5, 5.41) is 15.0. The summed E-state index contributed by atoms with van der Waals surface area (Å²) in [5.41, 5.74) is 2.23. The van der Waals surface area contributed by atoms with Gasteiger partial charge in [-0.25, -0.2) is 4.98 Å². The molecule has 2 aliphatic heterocycles. The Morgan fingerprint density at radius 1 is 0.844 bits per heavy atom. The third kappa shape index (κ3) is 3.04. The van der Waals surface area contributed by atoms with Gasteiger partial charge < -0.3 is 4.57 Å². The van der Waals surface area contributed by atoms with E-state index in [1.807, 2.05) is 0 Å². The van der Waals surface area contributed by atoms with E-state index in [0.717, 1.165) is 29.2 Å². The number of aromatic amines is 1. The number of tetrazole rings is 1. The number of aromatic nitrogens is 6. The van der Waals surface area contributed by atoms with Gasteiger partial charge in [0.15, 0.2) is 5.82 Å². The second-order valence-corrected chi connectivity index (χ2v) is 10.8. The zero-order valence-corrected chi connectivity index (χ0v) is 18.7. The molecule has 4 aliphatic rings. The molecule has 168 valence electrons. The van der Waals surface area contributed by atoms with E-state index in [1.54, 1.807) is 0 Å². The normalized spacial score (nSPS) is 35.2. The van der Waals surface area contributed by atoms with E-state index in [1.165, 1.54) is 76.1 Å². The molecule has 2 aromatic heterocycles. The largest absolute Gasteiger partial charge is 0.318 e. The van der Waals surface area contributed by atoms with Gasteiger partial charge in [-0.3, -0.25) is 4.90 Å². The van der Waals surface area contributed by atoms with Crippen molar-refractivity contribution in [1.29, 1.82) is 0 Å². The SMILES string of the molecule is c1ccc2c(c1)nc(-c1nn[nH]n1)n2C1C[C@H]2CCC[C@@H](C1)N2C1CCC2CCC[C@@H]1C2. The maximum absolute atomic E-state index is 4.94. The number of benzene rings is 1. The first-order chi connectivity index (χ1) is 15.8. The number of hydrogen-bond donors (Lipinski definition) is 1. The molecule has 4 bridgehead atoms. The molecule has 2 saturated carbocycles. The molecule has 3 unspecified atom stereocenters. The van der Waals surface area contributed by atoms with Crippen LogP contribution in [0.4, 0.5) is 0 Å². The lowest BCUT2D eigenvalue weighted by atomic mass is 9.67. The summed E-state index contributed by atoms with van der Waals surface area (Å²) < 4.78 is 2.44. The summed E-state index contributed by atoms with van der Waals surface area (Å²) >= 11 is 0. The van der Waals surface area contributed by atoms with E-state index in [4.69, 9.17) is 4.98 Å². The van der Waals surface area contributed by atoms with Gasteiger partial charge in [-0.15, -0.1) is 10.2 Å². The third-order valence-corrected chi connectivity index (χ3v) is 9.13. The van der Waals surface area contributed by atoms with Crippen molar-refractivity contribution in [1.82, 2.24) is 35.1 Å². The van der Waals surface area contributed by atoms with E-state index < -0.39 is 0 Å². The number of nitrogens with one attached hydrogen (secondary N) is 1. The van der Waals surface area contributed by atoms with Gasteiger partial charge in [-0.2, -0.15) is 5.21 Å². The second kappa shape index (κ2) is 7.65. The maximum atomic E-state index is 4.94. The maximum Gasteiger partial charge on any atom is 0.240 e.